The van der Waals surface area contributed by atoms with Crippen LogP contribution in [0.25, 0.3) is 0 Å². The van der Waals surface area contributed by atoms with Gasteiger partial charge in [0.2, 0.25) is 10.0 Å². The molecule has 1 aromatic rings. The van der Waals surface area contributed by atoms with Crippen LogP contribution in [-0.2, 0) is 19.5 Å². The first-order chi connectivity index (χ1) is 10.5. The lowest BCUT2D eigenvalue weighted by atomic mass is 10.2. The lowest BCUT2D eigenvalue weighted by molar-refractivity contribution is 0.0169. The van der Waals surface area contributed by atoms with Gasteiger partial charge in [0.25, 0.3) is 0 Å². The lowest BCUT2D eigenvalue weighted by Crippen LogP contribution is -2.26. The Labute approximate surface area is 140 Å². The van der Waals surface area contributed by atoms with E-state index in [4.69, 9.17) is 32.7 Å². The van der Waals surface area contributed by atoms with Crippen LogP contribution in [0.5, 0.6) is 0 Å². The van der Waals surface area contributed by atoms with E-state index in [2.05, 4.69) is 4.72 Å². The van der Waals surface area contributed by atoms with Crippen LogP contribution >= 0.6 is 23.2 Å². The molecule has 1 N–H and O–H groups in total. The largest absolute Gasteiger partial charge is 0.379 e. The Kier molecular flexibility index (Phi) is 6.92. The molecule has 0 saturated carbocycles. The molecule has 1 aromatic carbocycles. The molecule has 0 amide bonds. The second-order valence-electron chi connectivity index (χ2n) is 5.01. The van der Waals surface area contributed by atoms with Crippen LogP contribution in [-0.4, -0.2) is 40.9 Å². The third-order valence-electron chi connectivity index (χ3n) is 3.27. The molecule has 5 nitrogen and oxygen atoms in total. The van der Waals surface area contributed by atoms with Gasteiger partial charge in [-0.1, -0.05) is 29.3 Å². The van der Waals surface area contributed by atoms with Crippen molar-refractivity contribution in [2.45, 2.75) is 30.3 Å². The maximum Gasteiger partial charge on any atom is 0.243 e. The molecule has 0 radical (unpaired) electrons. The van der Waals surface area contributed by atoms with E-state index in [-0.39, 0.29) is 27.6 Å². The van der Waals surface area contributed by atoms with Crippen molar-refractivity contribution in [2.24, 2.45) is 0 Å². The minimum atomic E-state index is -3.72. The predicted octanol–water partition coefficient (Wildman–Crippen LogP) is 2.86. The van der Waals surface area contributed by atoms with E-state index in [0.717, 1.165) is 19.4 Å². The highest BCUT2D eigenvalue weighted by Gasteiger charge is 2.21. The van der Waals surface area contributed by atoms with Crippen molar-refractivity contribution in [3.05, 3.63) is 28.2 Å². The van der Waals surface area contributed by atoms with Gasteiger partial charge in [-0.15, -0.1) is 0 Å². The summed E-state index contributed by atoms with van der Waals surface area (Å²) in [7, 11) is -3.72. The summed E-state index contributed by atoms with van der Waals surface area (Å²) in [5, 5.41) is 0.212. The van der Waals surface area contributed by atoms with E-state index < -0.39 is 10.0 Å². The van der Waals surface area contributed by atoms with Crippen LogP contribution in [0.3, 0.4) is 0 Å². The quantitative estimate of drug-likeness (QED) is 0.717. The van der Waals surface area contributed by atoms with Gasteiger partial charge in [0.05, 0.1) is 22.8 Å². The molecular formula is C14H19Cl2NO4S. The molecule has 1 saturated heterocycles. The maximum absolute atomic E-state index is 12.2. The maximum atomic E-state index is 12.2. The predicted molar refractivity (Wildman–Crippen MR) is 86.1 cm³/mol. The van der Waals surface area contributed by atoms with Gasteiger partial charge >= 0.3 is 0 Å². The molecule has 0 aliphatic carbocycles. The second kappa shape index (κ2) is 8.47. The van der Waals surface area contributed by atoms with E-state index in [1.807, 2.05) is 0 Å². The fourth-order valence-electron chi connectivity index (χ4n) is 2.18. The number of rotatable bonds is 8. The lowest BCUT2D eigenvalue weighted by Gasteiger charge is -2.11. The highest BCUT2D eigenvalue weighted by Crippen LogP contribution is 2.28. The summed E-state index contributed by atoms with van der Waals surface area (Å²) in [5.74, 6) is 0. The first kappa shape index (κ1) is 18.0. The molecule has 8 heteroatoms. The van der Waals surface area contributed by atoms with E-state index >= 15 is 0 Å². The van der Waals surface area contributed by atoms with E-state index in [1.165, 1.54) is 12.1 Å². The van der Waals surface area contributed by atoms with Gasteiger partial charge in [-0.2, -0.15) is 0 Å². The van der Waals surface area contributed by atoms with Crippen molar-refractivity contribution in [2.75, 3.05) is 26.4 Å². The zero-order chi connectivity index (χ0) is 16.0. The van der Waals surface area contributed by atoms with Crippen molar-refractivity contribution in [3.63, 3.8) is 0 Å². The molecular weight excluding hydrogens is 349 g/mol. The summed E-state index contributed by atoms with van der Waals surface area (Å²) in [6.07, 6.45) is 2.84. The van der Waals surface area contributed by atoms with Crippen molar-refractivity contribution < 1.29 is 17.9 Å². The Hall–Kier alpha value is -0.370. The smallest absolute Gasteiger partial charge is 0.243 e. The van der Waals surface area contributed by atoms with E-state index in [9.17, 15) is 8.42 Å². The summed E-state index contributed by atoms with van der Waals surface area (Å²) >= 11 is 11.8. The molecule has 1 fully saturated rings. The minimum absolute atomic E-state index is 0.0846. The van der Waals surface area contributed by atoms with E-state index in [0.29, 0.717) is 19.6 Å². The Morgan fingerprint density at radius 1 is 1.32 bits per heavy atom. The number of sulfonamides is 1. The molecule has 0 spiro atoms. The molecule has 1 heterocycles. The number of benzene rings is 1. The van der Waals surface area contributed by atoms with Gasteiger partial charge in [0.1, 0.15) is 4.90 Å². The first-order valence-corrected chi connectivity index (χ1v) is 9.37. The number of hydrogen-bond donors (Lipinski definition) is 1. The van der Waals surface area contributed by atoms with Crippen molar-refractivity contribution in [1.29, 1.82) is 0 Å². The number of hydrogen-bond acceptors (Lipinski definition) is 4. The number of ether oxygens (including phenoxy) is 2. The third kappa shape index (κ3) is 5.08. The zero-order valence-corrected chi connectivity index (χ0v) is 14.4. The molecule has 22 heavy (non-hydrogen) atoms. The Bertz CT molecular complexity index is 568. The van der Waals surface area contributed by atoms with Crippen LogP contribution in [0.4, 0.5) is 0 Å². The van der Waals surface area contributed by atoms with Gasteiger partial charge in [-0.25, -0.2) is 13.1 Å². The van der Waals surface area contributed by atoms with Gasteiger partial charge < -0.3 is 9.47 Å². The Morgan fingerprint density at radius 3 is 2.68 bits per heavy atom. The van der Waals surface area contributed by atoms with Gasteiger partial charge in [0.15, 0.2) is 0 Å². The molecule has 1 aliphatic heterocycles. The molecule has 124 valence electrons. The Balaban J connectivity index is 1.73. The summed E-state index contributed by atoms with van der Waals surface area (Å²) in [6, 6.07) is 4.59. The first-order valence-electron chi connectivity index (χ1n) is 7.14. The SMILES string of the molecule is O=S(=O)(NCCCOCC1CCCO1)c1c(Cl)cccc1Cl. The number of nitrogens with one attached hydrogen (secondary N) is 1. The highest BCUT2D eigenvalue weighted by atomic mass is 35.5. The minimum Gasteiger partial charge on any atom is -0.379 e. The van der Waals surface area contributed by atoms with Crippen molar-refractivity contribution >= 4 is 33.2 Å². The Morgan fingerprint density at radius 2 is 2.05 bits per heavy atom. The molecule has 0 bridgehead atoms. The van der Waals surface area contributed by atoms with Crippen LogP contribution in [0, 0.1) is 0 Å². The van der Waals surface area contributed by atoms with Crippen LogP contribution in [0.1, 0.15) is 19.3 Å². The van der Waals surface area contributed by atoms with Crippen LogP contribution in [0.2, 0.25) is 10.0 Å². The molecule has 1 atom stereocenters. The van der Waals surface area contributed by atoms with Crippen LogP contribution < -0.4 is 4.72 Å². The molecule has 1 aliphatic rings. The van der Waals surface area contributed by atoms with Gasteiger partial charge in [-0.05, 0) is 31.4 Å². The summed E-state index contributed by atoms with van der Waals surface area (Å²) < 4.78 is 37.7. The molecule has 1 unspecified atom stereocenters. The summed E-state index contributed by atoms with van der Waals surface area (Å²) in [6.45, 7) is 2.09. The topological polar surface area (TPSA) is 64.6 Å². The van der Waals surface area contributed by atoms with E-state index in [1.54, 1.807) is 6.07 Å². The molecule has 0 aromatic heterocycles. The normalized spacial score (nSPS) is 18.7. The third-order valence-corrected chi connectivity index (χ3v) is 5.69. The van der Waals surface area contributed by atoms with Gasteiger partial charge in [-0.3, -0.25) is 0 Å². The fraction of sp³-hybridized carbons (Fsp3) is 0.571. The van der Waals surface area contributed by atoms with Crippen LogP contribution in [0.15, 0.2) is 23.1 Å². The highest BCUT2D eigenvalue weighted by molar-refractivity contribution is 7.89. The monoisotopic (exact) mass is 367 g/mol. The average Bonchev–Trinajstić information content (AvgIpc) is 2.95. The van der Waals surface area contributed by atoms with Crippen molar-refractivity contribution in [1.82, 2.24) is 4.72 Å². The number of halogens is 2. The van der Waals surface area contributed by atoms with Gasteiger partial charge in [0, 0.05) is 19.8 Å². The summed E-state index contributed by atoms with van der Waals surface area (Å²) in [4.78, 5) is -0.0846. The van der Waals surface area contributed by atoms with Crippen molar-refractivity contribution in [3.8, 4) is 0 Å². The average molecular weight is 368 g/mol. The second-order valence-corrected chi connectivity index (χ2v) is 7.53. The molecule has 2 rings (SSSR count). The fourth-order valence-corrected chi connectivity index (χ4v) is 4.40. The zero-order valence-electron chi connectivity index (χ0n) is 12.1. The summed E-state index contributed by atoms with van der Waals surface area (Å²) in [5.41, 5.74) is 0. The standard InChI is InChI=1S/C14H19Cl2NO4S/c15-12-5-1-6-13(16)14(12)22(18,19)17-7-3-8-20-10-11-4-2-9-21-11/h1,5-6,11,17H,2-4,7-10H2.